The predicted octanol–water partition coefficient (Wildman–Crippen LogP) is 5.77. The maximum absolute atomic E-state index is 12.9. The molecule has 3 rings (SSSR count). The van der Waals surface area contributed by atoms with Gasteiger partial charge in [0.2, 0.25) is 5.91 Å². The molecule has 0 bridgehead atoms. The van der Waals surface area contributed by atoms with Crippen molar-refractivity contribution < 1.29 is 23.9 Å². The highest BCUT2D eigenvalue weighted by molar-refractivity contribution is 6.05. The second kappa shape index (κ2) is 14.4. The third kappa shape index (κ3) is 8.88. The summed E-state index contributed by atoms with van der Waals surface area (Å²) in [5.74, 6) is -0.775. The second-order valence-corrected chi connectivity index (χ2v) is 9.27. The summed E-state index contributed by atoms with van der Waals surface area (Å²) in [6.45, 7) is 9.03. The van der Waals surface area contributed by atoms with Crippen LogP contribution in [-0.4, -0.2) is 37.0 Å². The Labute approximate surface area is 233 Å². The third-order valence-corrected chi connectivity index (χ3v) is 5.61. The van der Waals surface area contributed by atoms with E-state index in [1.807, 2.05) is 32.0 Å². The van der Waals surface area contributed by atoms with E-state index in [9.17, 15) is 14.4 Å². The molecule has 40 heavy (non-hydrogen) atoms. The molecule has 0 spiro atoms. The van der Waals surface area contributed by atoms with Crippen molar-refractivity contribution in [3.63, 3.8) is 0 Å². The van der Waals surface area contributed by atoms with Crippen molar-refractivity contribution in [1.29, 1.82) is 0 Å². The molecule has 10 heteroatoms. The van der Waals surface area contributed by atoms with Gasteiger partial charge in [0.15, 0.2) is 0 Å². The Morgan fingerprint density at radius 3 is 2.27 bits per heavy atom. The van der Waals surface area contributed by atoms with Crippen LogP contribution in [-0.2, 0) is 14.3 Å². The lowest BCUT2D eigenvalue weighted by atomic mass is 10.0. The molecule has 1 atom stereocenters. The van der Waals surface area contributed by atoms with Crippen molar-refractivity contribution in [1.82, 2.24) is 0 Å². The van der Waals surface area contributed by atoms with Gasteiger partial charge in [0.1, 0.15) is 24.7 Å². The van der Waals surface area contributed by atoms with E-state index in [1.165, 1.54) is 0 Å². The monoisotopic (exact) mass is 543 g/mol. The van der Waals surface area contributed by atoms with Crippen LogP contribution in [0.5, 0.6) is 5.75 Å². The second-order valence-electron chi connectivity index (χ2n) is 9.27. The fourth-order valence-corrected chi connectivity index (χ4v) is 3.25. The lowest BCUT2D eigenvalue weighted by Crippen LogP contribution is -2.39. The molecule has 0 aliphatic rings. The summed E-state index contributed by atoms with van der Waals surface area (Å²) in [5.41, 5.74) is 8.58. The maximum atomic E-state index is 12.9. The molecule has 0 heterocycles. The highest BCUT2D eigenvalue weighted by atomic mass is 16.6. The minimum absolute atomic E-state index is 0.0735. The van der Waals surface area contributed by atoms with Crippen LogP contribution in [0.1, 0.15) is 31.1 Å². The lowest BCUT2D eigenvalue weighted by Gasteiger charge is -2.17. The van der Waals surface area contributed by atoms with Crippen molar-refractivity contribution in [2.24, 2.45) is 21.9 Å². The number of benzene rings is 3. The van der Waals surface area contributed by atoms with Gasteiger partial charge in [-0.2, -0.15) is 5.11 Å². The summed E-state index contributed by atoms with van der Waals surface area (Å²) in [6, 6.07) is 19.9. The van der Waals surface area contributed by atoms with E-state index >= 15 is 0 Å². The molecule has 4 N–H and O–H groups in total. The van der Waals surface area contributed by atoms with E-state index in [2.05, 4.69) is 27.4 Å². The molecular formula is C30H33N5O5. The Balaban J connectivity index is 1.70. The molecule has 0 saturated heterocycles. The first-order valence-corrected chi connectivity index (χ1v) is 12.7. The number of carbonyl (C=O) groups is 3. The molecule has 0 saturated carbocycles. The van der Waals surface area contributed by atoms with Crippen LogP contribution in [0.25, 0.3) is 0 Å². The van der Waals surface area contributed by atoms with Gasteiger partial charge in [-0.15, -0.1) is 5.11 Å². The minimum atomic E-state index is -0.726. The van der Waals surface area contributed by atoms with Crippen molar-refractivity contribution in [3.05, 3.63) is 90.5 Å². The number of hydrogen-bond donors (Lipinski definition) is 3. The van der Waals surface area contributed by atoms with E-state index in [1.54, 1.807) is 61.5 Å². The van der Waals surface area contributed by atoms with Crippen LogP contribution in [0.3, 0.4) is 0 Å². The van der Waals surface area contributed by atoms with Crippen LogP contribution in [0, 0.1) is 5.92 Å². The van der Waals surface area contributed by atoms with Gasteiger partial charge in [-0.3, -0.25) is 9.59 Å². The number of nitrogens with zero attached hydrogens (tertiary/aromatic N) is 2. The largest absolute Gasteiger partial charge is 0.490 e. The number of rotatable bonds is 12. The maximum Gasteiger partial charge on any atom is 0.333 e. The topological polar surface area (TPSA) is 144 Å². The molecule has 2 amide bonds. The quantitative estimate of drug-likeness (QED) is 0.114. The number of esters is 1. The smallest absolute Gasteiger partial charge is 0.333 e. The van der Waals surface area contributed by atoms with E-state index in [0.29, 0.717) is 39.6 Å². The number of anilines is 2. The third-order valence-electron chi connectivity index (χ3n) is 5.61. The summed E-state index contributed by atoms with van der Waals surface area (Å²) < 4.78 is 10.5. The number of nitrogens with two attached hydrogens (primary N) is 1. The van der Waals surface area contributed by atoms with Crippen LogP contribution in [0.2, 0.25) is 0 Å². The first kappa shape index (κ1) is 29.7. The molecule has 3 aromatic rings. The van der Waals surface area contributed by atoms with E-state index in [4.69, 9.17) is 15.2 Å². The molecule has 208 valence electrons. The van der Waals surface area contributed by atoms with Gasteiger partial charge >= 0.3 is 5.97 Å². The number of hydrogen-bond acceptors (Lipinski definition) is 8. The zero-order chi connectivity index (χ0) is 29.1. The Morgan fingerprint density at radius 2 is 1.62 bits per heavy atom. The lowest BCUT2D eigenvalue weighted by molar-refractivity contribution is -0.139. The summed E-state index contributed by atoms with van der Waals surface area (Å²) >= 11 is 0. The Morgan fingerprint density at radius 1 is 0.925 bits per heavy atom. The number of amides is 2. The van der Waals surface area contributed by atoms with Crippen LogP contribution in [0.15, 0.2) is 95.2 Å². The number of carbonyl (C=O) groups excluding carboxylic acids is 3. The normalized spacial score (nSPS) is 11.6. The molecule has 3 aromatic carbocycles. The molecule has 0 radical (unpaired) electrons. The van der Waals surface area contributed by atoms with Gasteiger partial charge in [-0.1, -0.05) is 38.6 Å². The molecular weight excluding hydrogens is 510 g/mol. The summed E-state index contributed by atoms with van der Waals surface area (Å²) in [4.78, 5) is 37.0. The molecule has 0 aliphatic carbocycles. The zero-order valence-corrected chi connectivity index (χ0v) is 22.7. The van der Waals surface area contributed by atoms with E-state index < -0.39 is 12.0 Å². The zero-order valence-electron chi connectivity index (χ0n) is 22.7. The van der Waals surface area contributed by atoms with Crippen LogP contribution < -0.4 is 21.1 Å². The molecule has 0 fully saturated rings. The van der Waals surface area contributed by atoms with Gasteiger partial charge in [-0.05, 0) is 67.4 Å². The first-order valence-electron chi connectivity index (χ1n) is 12.7. The molecule has 0 aromatic heterocycles. The first-order chi connectivity index (χ1) is 19.1. The van der Waals surface area contributed by atoms with Gasteiger partial charge in [-0.25, -0.2) is 4.79 Å². The molecule has 0 aliphatic heterocycles. The van der Waals surface area contributed by atoms with Crippen molar-refractivity contribution in [2.75, 3.05) is 23.8 Å². The van der Waals surface area contributed by atoms with Crippen molar-refractivity contribution >= 4 is 40.5 Å². The Kier molecular flexibility index (Phi) is 10.7. The Hall–Kier alpha value is -4.83. The van der Waals surface area contributed by atoms with Gasteiger partial charge < -0.3 is 25.8 Å². The summed E-state index contributed by atoms with van der Waals surface area (Å²) in [6.07, 6.45) is 0. The number of ether oxygens (including phenoxy) is 2. The number of azo groups is 1. The summed E-state index contributed by atoms with van der Waals surface area (Å²) in [5, 5.41) is 14.1. The van der Waals surface area contributed by atoms with Crippen molar-refractivity contribution in [3.8, 4) is 5.75 Å². The SMILES string of the molecule is C=C(C)C(=O)OCCOc1ccc(C(=O)Nc2ccc(N=Nc3ccccc3)c(NC(=O)[C@@H](N)C(C)C)c2)cc1. The van der Waals surface area contributed by atoms with Gasteiger partial charge in [0, 0.05) is 16.8 Å². The standard InChI is InChI=1S/C30H33N5O5/c1-19(2)27(31)29(37)33-26-18-23(12-15-25(26)35-34-22-8-6-5-7-9-22)32-28(36)21-10-13-24(14-11-21)39-16-17-40-30(38)20(3)4/h5-15,18-19,27H,3,16-17,31H2,1-2,4H3,(H,32,36)(H,33,37)/t27-/m0/s1. The van der Waals surface area contributed by atoms with E-state index in [0.717, 1.165) is 0 Å². The molecule has 10 nitrogen and oxygen atoms in total. The average molecular weight is 544 g/mol. The van der Waals surface area contributed by atoms with Crippen LogP contribution in [0.4, 0.5) is 22.7 Å². The Bertz CT molecular complexity index is 1370. The summed E-state index contributed by atoms with van der Waals surface area (Å²) in [7, 11) is 0. The van der Waals surface area contributed by atoms with Gasteiger partial charge in [0.25, 0.3) is 5.91 Å². The van der Waals surface area contributed by atoms with Gasteiger partial charge in [0.05, 0.1) is 17.4 Å². The fourth-order valence-electron chi connectivity index (χ4n) is 3.25. The van der Waals surface area contributed by atoms with Crippen LogP contribution >= 0.6 is 0 Å². The van der Waals surface area contributed by atoms with Crippen molar-refractivity contribution in [2.45, 2.75) is 26.8 Å². The fraction of sp³-hybridized carbons (Fsp3) is 0.233. The van der Waals surface area contributed by atoms with E-state index in [-0.39, 0.29) is 30.9 Å². The average Bonchev–Trinajstić information content (AvgIpc) is 2.95. The molecule has 0 unspecified atom stereocenters. The predicted molar refractivity (Wildman–Crippen MR) is 154 cm³/mol. The number of nitrogens with one attached hydrogen (secondary N) is 2. The highest BCUT2D eigenvalue weighted by Crippen LogP contribution is 2.31. The minimum Gasteiger partial charge on any atom is -0.490 e. The highest BCUT2D eigenvalue weighted by Gasteiger charge is 2.19.